The molecule has 2 aromatic carbocycles. The number of nitrogens with one attached hydrogen (secondary N) is 1. The molecule has 1 unspecified atom stereocenters. The number of halogens is 1. The number of aryl methyl sites for hydroxylation is 1. The van der Waals surface area contributed by atoms with Crippen molar-refractivity contribution < 1.29 is 14.3 Å². The van der Waals surface area contributed by atoms with E-state index in [1.807, 2.05) is 6.92 Å². The third kappa shape index (κ3) is 4.87. The van der Waals surface area contributed by atoms with Crippen molar-refractivity contribution in [3.05, 3.63) is 53.1 Å². The summed E-state index contributed by atoms with van der Waals surface area (Å²) in [5.74, 6) is -0.501. The Morgan fingerprint density at radius 1 is 1.20 bits per heavy atom. The molecule has 130 valence electrons. The Bertz CT molecular complexity index is 821. The van der Waals surface area contributed by atoms with Gasteiger partial charge in [0, 0.05) is 5.02 Å². The Kier molecular flexibility index (Phi) is 6.25. The molecule has 0 aliphatic rings. The lowest BCUT2D eigenvalue weighted by Gasteiger charge is -2.12. The highest BCUT2D eigenvalue weighted by atomic mass is 35.5. The Hall–Kier alpha value is -2.73. The van der Waals surface area contributed by atoms with Gasteiger partial charge in [-0.1, -0.05) is 23.7 Å². The van der Waals surface area contributed by atoms with Crippen LogP contribution in [-0.4, -0.2) is 24.8 Å². The van der Waals surface area contributed by atoms with Gasteiger partial charge in [-0.05, 0) is 49.7 Å². The maximum Gasteiger partial charge on any atom is 0.258 e. The van der Waals surface area contributed by atoms with Gasteiger partial charge in [-0.2, -0.15) is 10.2 Å². The number of Topliss-reactive ketones (excluding diaryl/α,β-unsaturated/α-hetero) is 1. The number of carbonyl (C=O) groups excluding carboxylic acids is 2. The molecule has 7 heteroatoms. The van der Waals surface area contributed by atoms with Crippen molar-refractivity contribution >= 4 is 34.7 Å². The smallest absolute Gasteiger partial charge is 0.258 e. The fourth-order valence-corrected chi connectivity index (χ4v) is 2.35. The van der Waals surface area contributed by atoms with Gasteiger partial charge in [0.05, 0.1) is 18.5 Å². The minimum absolute atomic E-state index is 0.414. The van der Waals surface area contributed by atoms with E-state index in [1.54, 1.807) is 42.5 Å². The van der Waals surface area contributed by atoms with Crippen LogP contribution in [0.25, 0.3) is 0 Å². The molecule has 0 saturated carbocycles. The zero-order valence-electron chi connectivity index (χ0n) is 14.1. The molecule has 0 saturated heterocycles. The zero-order valence-corrected chi connectivity index (χ0v) is 14.9. The Labute approximate surface area is 150 Å². The van der Waals surface area contributed by atoms with Gasteiger partial charge in [0.2, 0.25) is 6.04 Å². The number of hydrogen-bond acceptors (Lipinski definition) is 5. The highest BCUT2D eigenvalue weighted by Crippen LogP contribution is 2.25. The molecule has 0 fully saturated rings. The molecule has 1 amide bonds. The average Bonchev–Trinajstić information content (AvgIpc) is 2.57. The Morgan fingerprint density at radius 3 is 2.56 bits per heavy atom. The number of carbonyl (C=O) groups is 2. The first-order chi connectivity index (χ1) is 11.9. The number of hydrogen-bond donors (Lipinski definition) is 1. The van der Waals surface area contributed by atoms with Crippen LogP contribution in [0.2, 0.25) is 5.02 Å². The lowest BCUT2D eigenvalue weighted by Crippen LogP contribution is -2.31. The van der Waals surface area contributed by atoms with E-state index in [0.717, 1.165) is 5.56 Å². The second-order valence-electron chi connectivity index (χ2n) is 5.35. The fraction of sp³-hybridized carbons (Fsp3) is 0.222. The molecule has 0 bridgehead atoms. The second kappa shape index (κ2) is 8.39. The van der Waals surface area contributed by atoms with Crippen LogP contribution in [0, 0.1) is 6.92 Å². The lowest BCUT2D eigenvalue weighted by molar-refractivity contribution is -0.126. The maximum atomic E-state index is 12.4. The summed E-state index contributed by atoms with van der Waals surface area (Å²) >= 11 is 5.90. The monoisotopic (exact) mass is 359 g/mol. The molecule has 0 spiro atoms. The van der Waals surface area contributed by atoms with Crippen LogP contribution in [-0.2, 0) is 9.59 Å². The van der Waals surface area contributed by atoms with Crippen molar-refractivity contribution in [1.29, 1.82) is 0 Å². The van der Waals surface area contributed by atoms with Crippen LogP contribution in [0.3, 0.4) is 0 Å². The summed E-state index contributed by atoms with van der Waals surface area (Å²) in [4.78, 5) is 24.2. The molecule has 25 heavy (non-hydrogen) atoms. The molecule has 0 aliphatic heterocycles. The molecule has 6 nitrogen and oxygen atoms in total. The number of methoxy groups -OCH3 is 1. The van der Waals surface area contributed by atoms with Gasteiger partial charge in [-0.25, -0.2) is 0 Å². The van der Waals surface area contributed by atoms with Crippen molar-refractivity contribution in [2.24, 2.45) is 10.2 Å². The number of azo groups is 1. The third-order valence-electron chi connectivity index (χ3n) is 3.44. The number of rotatable bonds is 6. The van der Waals surface area contributed by atoms with Crippen molar-refractivity contribution in [1.82, 2.24) is 0 Å². The molecular weight excluding hydrogens is 342 g/mol. The Balaban J connectivity index is 2.21. The molecule has 2 aromatic rings. The number of nitrogens with zero attached hydrogens (tertiary/aromatic N) is 2. The fourth-order valence-electron chi connectivity index (χ4n) is 2.12. The number of anilines is 1. The number of para-hydroxylation sites is 2. The largest absolute Gasteiger partial charge is 0.495 e. The predicted molar refractivity (Wildman–Crippen MR) is 96.8 cm³/mol. The molecule has 0 heterocycles. The molecule has 0 aliphatic carbocycles. The molecule has 1 N–H and O–H groups in total. The predicted octanol–water partition coefficient (Wildman–Crippen LogP) is 4.34. The van der Waals surface area contributed by atoms with E-state index in [-0.39, 0.29) is 0 Å². The molecule has 0 radical (unpaired) electrons. The summed E-state index contributed by atoms with van der Waals surface area (Å²) in [6, 6.07) is 10.7. The van der Waals surface area contributed by atoms with E-state index in [2.05, 4.69) is 15.5 Å². The summed E-state index contributed by atoms with van der Waals surface area (Å²) in [5.41, 5.74) is 1.79. The second-order valence-corrected chi connectivity index (χ2v) is 5.79. The summed E-state index contributed by atoms with van der Waals surface area (Å²) < 4.78 is 5.18. The number of benzene rings is 2. The zero-order chi connectivity index (χ0) is 18.4. The lowest BCUT2D eigenvalue weighted by atomic mass is 10.2. The Morgan fingerprint density at radius 2 is 1.92 bits per heavy atom. The van der Waals surface area contributed by atoms with E-state index < -0.39 is 17.7 Å². The highest BCUT2D eigenvalue weighted by molar-refractivity contribution is 6.30. The van der Waals surface area contributed by atoms with Crippen molar-refractivity contribution in [3.63, 3.8) is 0 Å². The van der Waals surface area contributed by atoms with Gasteiger partial charge in [-0.3, -0.25) is 9.59 Å². The summed E-state index contributed by atoms with van der Waals surface area (Å²) in [6.45, 7) is 3.11. The van der Waals surface area contributed by atoms with Gasteiger partial charge in [0.1, 0.15) is 5.75 Å². The third-order valence-corrected chi connectivity index (χ3v) is 3.67. The van der Waals surface area contributed by atoms with Crippen molar-refractivity contribution in [2.75, 3.05) is 12.4 Å². The first kappa shape index (κ1) is 18.6. The highest BCUT2D eigenvalue weighted by Gasteiger charge is 2.24. The first-order valence-corrected chi connectivity index (χ1v) is 7.91. The van der Waals surface area contributed by atoms with Gasteiger partial charge in [0.25, 0.3) is 5.91 Å². The normalized spacial score (nSPS) is 12.0. The van der Waals surface area contributed by atoms with Crippen LogP contribution in [0.4, 0.5) is 11.4 Å². The number of ketones is 1. The minimum Gasteiger partial charge on any atom is -0.495 e. The first-order valence-electron chi connectivity index (χ1n) is 7.53. The molecule has 2 rings (SSSR count). The van der Waals surface area contributed by atoms with Gasteiger partial charge in [0.15, 0.2) is 5.78 Å². The van der Waals surface area contributed by atoms with Gasteiger partial charge in [-0.15, -0.1) is 0 Å². The van der Waals surface area contributed by atoms with Crippen LogP contribution in [0.1, 0.15) is 12.5 Å². The summed E-state index contributed by atoms with van der Waals surface area (Å²) in [5, 5.41) is 11.2. The summed E-state index contributed by atoms with van der Waals surface area (Å²) in [7, 11) is 1.50. The van der Waals surface area contributed by atoms with E-state index in [1.165, 1.54) is 14.0 Å². The SMILES string of the molecule is COc1ccccc1NC(=O)C(N=Nc1ccc(Cl)cc1C)C(C)=O. The van der Waals surface area contributed by atoms with Gasteiger partial charge >= 0.3 is 0 Å². The van der Waals surface area contributed by atoms with Crippen molar-refractivity contribution in [3.8, 4) is 5.75 Å². The van der Waals surface area contributed by atoms with Crippen molar-refractivity contribution in [2.45, 2.75) is 19.9 Å². The maximum absolute atomic E-state index is 12.4. The van der Waals surface area contributed by atoms with E-state index in [9.17, 15) is 9.59 Å². The number of ether oxygens (including phenoxy) is 1. The van der Waals surface area contributed by atoms with E-state index >= 15 is 0 Å². The van der Waals surface area contributed by atoms with Crippen LogP contribution < -0.4 is 10.1 Å². The molecule has 0 aromatic heterocycles. The quantitative estimate of drug-likeness (QED) is 0.615. The van der Waals surface area contributed by atoms with E-state index in [4.69, 9.17) is 16.3 Å². The molecule has 1 atom stereocenters. The van der Waals surface area contributed by atoms with Crippen LogP contribution in [0.15, 0.2) is 52.7 Å². The average molecular weight is 360 g/mol. The standard InChI is InChI=1S/C18H18ClN3O3/c1-11-10-13(19)8-9-14(11)21-22-17(12(2)23)18(24)20-15-6-4-5-7-16(15)25-3/h4-10,17H,1-3H3,(H,20,24). The molecular formula is C18H18ClN3O3. The summed E-state index contributed by atoms with van der Waals surface area (Å²) in [6.07, 6.45) is 0. The topological polar surface area (TPSA) is 80.1 Å². The minimum atomic E-state index is -1.25. The number of amides is 1. The van der Waals surface area contributed by atoms with Gasteiger partial charge < -0.3 is 10.1 Å². The van der Waals surface area contributed by atoms with Crippen LogP contribution in [0.5, 0.6) is 5.75 Å². The van der Waals surface area contributed by atoms with E-state index in [0.29, 0.717) is 22.1 Å². The van der Waals surface area contributed by atoms with Crippen LogP contribution >= 0.6 is 11.6 Å².